The maximum absolute atomic E-state index is 13.6. The van der Waals surface area contributed by atoms with Crippen LogP contribution in [0.5, 0.6) is 5.75 Å². The van der Waals surface area contributed by atoms with Crippen LogP contribution < -0.4 is 10.5 Å². The second-order valence-electron chi connectivity index (χ2n) is 4.06. The number of rotatable bonds is 5. The minimum atomic E-state index is -0.450. The third kappa shape index (κ3) is 4.61. The molecule has 2 N–H and O–H groups in total. The van der Waals surface area contributed by atoms with Crippen molar-refractivity contribution in [3.8, 4) is 5.75 Å². The lowest BCUT2D eigenvalue weighted by atomic mass is 10.2. The van der Waals surface area contributed by atoms with E-state index in [-0.39, 0.29) is 17.5 Å². The van der Waals surface area contributed by atoms with Crippen molar-refractivity contribution >= 4 is 23.1 Å². The molecule has 0 fully saturated rings. The molecule has 1 aromatic carbocycles. The van der Waals surface area contributed by atoms with Crippen LogP contribution in [-0.2, 0) is 0 Å². The Morgan fingerprint density at radius 1 is 1.53 bits per heavy atom. The molecule has 0 saturated carbocycles. The van der Waals surface area contributed by atoms with Gasteiger partial charge in [-0.1, -0.05) is 13.8 Å². The van der Waals surface area contributed by atoms with Crippen LogP contribution >= 0.6 is 11.6 Å². The molecule has 0 aromatic heterocycles. The predicted octanol–water partition coefficient (Wildman–Crippen LogP) is 3.09. The molecule has 5 heteroatoms. The first-order valence-corrected chi connectivity index (χ1v) is 5.87. The average Bonchev–Trinajstić information content (AvgIpc) is 2.27. The fourth-order valence-electron chi connectivity index (χ4n) is 1.13. The second-order valence-corrected chi connectivity index (χ2v) is 4.32. The van der Waals surface area contributed by atoms with Crippen LogP contribution in [0, 0.1) is 11.7 Å². The second kappa shape index (κ2) is 6.45. The Balaban J connectivity index is 2.79. The molecule has 0 amide bonds. The van der Waals surface area contributed by atoms with Crippen LogP contribution in [0.3, 0.4) is 0 Å². The van der Waals surface area contributed by atoms with Gasteiger partial charge in [-0.15, -0.1) is 11.6 Å². The van der Waals surface area contributed by atoms with Crippen molar-refractivity contribution in [2.45, 2.75) is 13.8 Å². The first-order chi connectivity index (χ1) is 8.02. The highest BCUT2D eigenvalue weighted by molar-refractivity contribution is 6.28. The summed E-state index contributed by atoms with van der Waals surface area (Å²) in [6.45, 7) is 4.47. The zero-order chi connectivity index (χ0) is 12.8. The van der Waals surface area contributed by atoms with Crippen molar-refractivity contribution in [2.24, 2.45) is 16.6 Å². The first-order valence-electron chi connectivity index (χ1n) is 5.34. The molecule has 1 rings (SSSR count). The molecule has 0 heterocycles. The quantitative estimate of drug-likeness (QED) is 0.501. The zero-order valence-corrected chi connectivity index (χ0v) is 10.7. The summed E-state index contributed by atoms with van der Waals surface area (Å²) in [5.41, 5.74) is 5.88. The van der Waals surface area contributed by atoms with Gasteiger partial charge in [0, 0.05) is 6.07 Å². The van der Waals surface area contributed by atoms with Crippen LogP contribution in [-0.4, -0.2) is 18.3 Å². The summed E-state index contributed by atoms with van der Waals surface area (Å²) in [7, 11) is 0. The highest BCUT2D eigenvalue weighted by Gasteiger charge is 2.05. The number of alkyl halides is 1. The van der Waals surface area contributed by atoms with Crippen LogP contribution in [0.4, 0.5) is 10.1 Å². The maximum atomic E-state index is 13.6. The largest absolute Gasteiger partial charge is 0.490 e. The maximum Gasteiger partial charge on any atom is 0.167 e. The lowest BCUT2D eigenvalue weighted by molar-refractivity contribution is 0.259. The number of ether oxygens (including phenoxy) is 1. The number of benzene rings is 1. The fraction of sp³-hybridized carbons (Fsp3) is 0.417. The summed E-state index contributed by atoms with van der Waals surface area (Å²) in [5.74, 6) is 0.491. The number of halogens is 2. The van der Waals surface area contributed by atoms with Gasteiger partial charge >= 0.3 is 0 Å². The van der Waals surface area contributed by atoms with E-state index in [4.69, 9.17) is 22.1 Å². The van der Waals surface area contributed by atoms with Crippen LogP contribution in [0.1, 0.15) is 13.8 Å². The lowest BCUT2D eigenvalue weighted by Gasteiger charge is -2.09. The van der Waals surface area contributed by atoms with Crippen molar-refractivity contribution < 1.29 is 9.13 Å². The smallest absolute Gasteiger partial charge is 0.167 e. The number of nitrogens with zero attached hydrogens (tertiary/aromatic N) is 1. The molecule has 0 radical (unpaired) electrons. The van der Waals surface area contributed by atoms with Crippen LogP contribution in [0.2, 0.25) is 0 Å². The number of aliphatic imine (C=N–C) groups is 1. The highest BCUT2D eigenvalue weighted by Crippen LogP contribution is 2.23. The normalized spacial score (nSPS) is 11.9. The van der Waals surface area contributed by atoms with Crippen LogP contribution in [0.15, 0.2) is 23.2 Å². The summed E-state index contributed by atoms with van der Waals surface area (Å²) in [6.07, 6.45) is 0. The van der Waals surface area contributed by atoms with E-state index in [0.717, 1.165) is 0 Å². The van der Waals surface area contributed by atoms with Crippen molar-refractivity contribution in [2.75, 3.05) is 12.5 Å². The van der Waals surface area contributed by atoms with Gasteiger partial charge in [-0.3, -0.25) is 0 Å². The SMILES string of the molecule is CC(C)COc1ccc(N=C(N)CCl)cc1F. The monoisotopic (exact) mass is 258 g/mol. The van der Waals surface area contributed by atoms with Crippen LogP contribution in [0.25, 0.3) is 0 Å². The van der Waals surface area contributed by atoms with Gasteiger partial charge in [0.05, 0.1) is 18.2 Å². The summed E-state index contributed by atoms with van der Waals surface area (Å²) >= 11 is 5.48. The fourth-order valence-corrected chi connectivity index (χ4v) is 1.19. The van der Waals surface area contributed by atoms with E-state index in [1.165, 1.54) is 12.1 Å². The molecule has 0 unspecified atom stereocenters. The third-order valence-electron chi connectivity index (χ3n) is 1.90. The van der Waals surface area contributed by atoms with E-state index in [1.807, 2.05) is 13.8 Å². The molecular formula is C12H16ClFN2O. The van der Waals surface area contributed by atoms with Gasteiger partial charge in [0.2, 0.25) is 0 Å². The topological polar surface area (TPSA) is 47.6 Å². The van der Waals surface area contributed by atoms with Gasteiger partial charge < -0.3 is 10.5 Å². The Bertz CT molecular complexity index is 407. The molecule has 0 saturated heterocycles. The van der Waals surface area contributed by atoms with Crippen molar-refractivity contribution in [1.82, 2.24) is 0 Å². The minimum Gasteiger partial charge on any atom is -0.490 e. The standard InChI is InChI=1S/C12H16ClFN2O/c1-8(2)7-17-11-4-3-9(5-10(11)14)16-12(15)6-13/h3-5,8H,6-7H2,1-2H3,(H2,15,16). The molecule has 0 aliphatic heterocycles. The summed E-state index contributed by atoms with van der Waals surface area (Å²) < 4.78 is 18.9. The van der Waals surface area contributed by atoms with E-state index < -0.39 is 5.82 Å². The Labute approximate surface area is 105 Å². The zero-order valence-electron chi connectivity index (χ0n) is 9.91. The Morgan fingerprint density at radius 2 is 2.24 bits per heavy atom. The molecule has 94 valence electrons. The minimum absolute atomic E-state index is 0.118. The summed E-state index contributed by atoms with van der Waals surface area (Å²) in [4.78, 5) is 3.94. The molecule has 0 aliphatic rings. The third-order valence-corrected chi connectivity index (χ3v) is 2.17. The van der Waals surface area contributed by atoms with E-state index in [9.17, 15) is 4.39 Å². The van der Waals surface area contributed by atoms with Gasteiger partial charge in [0.15, 0.2) is 11.6 Å². The molecule has 0 spiro atoms. The predicted molar refractivity (Wildman–Crippen MR) is 68.7 cm³/mol. The van der Waals surface area contributed by atoms with Crippen molar-refractivity contribution in [3.63, 3.8) is 0 Å². The van der Waals surface area contributed by atoms with Gasteiger partial charge in [0.25, 0.3) is 0 Å². The Kier molecular flexibility index (Phi) is 5.22. The summed E-state index contributed by atoms with van der Waals surface area (Å²) in [5, 5.41) is 0. The molecule has 17 heavy (non-hydrogen) atoms. The Hall–Kier alpha value is -1.29. The highest BCUT2D eigenvalue weighted by atomic mass is 35.5. The molecule has 0 atom stereocenters. The first kappa shape index (κ1) is 13.8. The van der Waals surface area contributed by atoms with Gasteiger partial charge in [-0.05, 0) is 18.1 Å². The van der Waals surface area contributed by atoms with E-state index in [0.29, 0.717) is 18.2 Å². The van der Waals surface area contributed by atoms with Gasteiger partial charge in [-0.25, -0.2) is 9.38 Å². The molecule has 3 nitrogen and oxygen atoms in total. The molecule has 0 aliphatic carbocycles. The van der Waals surface area contributed by atoms with Gasteiger partial charge in [0.1, 0.15) is 5.84 Å². The van der Waals surface area contributed by atoms with Crippen molar-refractivity contribution in [1.29, 1.82) is 0 Å². The van der Waals surface area contributed by atoms with Gasteiger partial charge in [-0.2, -0.15) is 0 Å². The van der Waals surface area contributed by atoms with E-state index in [2.05, 4.69) is 4.99 Å². The molecule has 1 aromatic rings. The molecular weight excluding hydrogens is 243 g/mol. The van der Waals surface area contributed by atoms with Crippen molar-refractivity contribution in [3.05, 3.63) is 24.0 Å². The Morgan fingerprint density at radius 3 is 2.76 bits per heavy atom. The number of nitrogens with two attached hydrogens (primary N) is 1. The molecule has 0 bridgehead atoms. The number of amidine groups is 1. The average molecular weight is 259 g/mol. The van der Waals surface area contributed by atoms with E-state index in [1.54, 1.807) is 6.07 Å². The summed E-state index contributed by atoms with van der Waals surface area (Å²) in [6, 6.07) is 4.45. The van der Waals surface area contributed by atoms with E-state index >= 15 is 0 Å². The number of hydrogen-bond acceptors (Lipinski definition) is 2. The number of hydrogen-bond donors (Lipinski definition) is 1. The lowest BCUT2D eigenvalue weighted by Crippen LogP contribution is -2.12.